The molecule has 112 valence electrons. The Bertz CT molecular complexity index is 395. The third-order valence-electron chi connectivity index (χ3n) is 3.62. The smallest absolute Gasteiger partial charge is 0.242 e. The minimum atomic E-state index is -0.283. The van der Waals surface area contributed by atoms with Crippen LogP contribution in [0.25, 0.3) is 0 Å². The van der Waals surface area contributed by atoms with E-state index in [2.05, 4.69) is 5.32 Å². The van der Waals surface area contributed by atoms with Crippen LogP contribution < -0.4 is 5.32 Å². The molecule has 0 aliphatic rings. The summed E-state index contributed by atoms with van der Waals surface area (Å²) >= 11 is 0. The van der Waals surface area contributed by atoms with Gasteiger partial charge in [-0.1, -0.05) is 44.2 Å². The lowest BCUT2D eigenvalue weighted by molar-refractivity contribution is -0.127. The lowest BCUT2D eigenvalue weighted by atomic mass is 10.0. The van der Waals surface area contributed by atoms with Gasteiger partial charge in [-0.2, -0.15) is 0 Å². The molecule has 1 aromatic carbocycles. The third-order valence-corrected chi connectivity index (χ3v) is 3.62. The second kappa shape index (κ2) is 8.72. The first-order chi connectivity index (χ1) is 9.63. The number of benzene rings is 1. The number of likely N-dealkylation sites (N-methyl/N-ethyl adjacent to an activating group) is 1. The molecule has 0 aromatic heterocycles. The second-order valence-electron chi connectivity index (χ2n) is 5.01. The van der Waals surface area contributed by atoms with E-state index < -0.39 is 0 Å². The number of nitrogens with one attached hydrogen (secondary N) is 1. The lowest BCUT2D eigenvalue weighted by Crippen LogP contribution is -2.43. The Kier molecular flexibility index (Phi) is 7.26. The van der Waals surface area contributed by atoms with Gasteiger partial charge in [0.2, 0.25) is 5.91 Å². The molecule has 2 atom stereocenters. The van der Waals surface area contributed by atoms with Gasteiger partial charge in [-0.3, -0.25) is 9.69 Å². The highest BCUT2D eigenvalue weighted by Gasteiger charge is 2.25. The van der Waals surface area contributed by atoms with Crippen LogP contribution in [0.1, 0.15) is 38.3 Å². The maximum absolute atomic E-state index is 12.6. The van der Waals surface area contributed by atoms with Gasteiger partial charge in [0, 0.05) is 12.6 Å². The highest BCUT2D eigenvalue weighted by atomic mass is 16.3. The van der Waals surface area contributed by atoms with Crippen molar-refractivity contribution >= 4 is 5.91 Å². The van der Waals surface area contributed by atoms with Crippen LogP contribution in [0.15, 0.2) is 30.3 Å². The summed E-state index contributed by atoms with van der Waals surface area (Å²) in [6, 6.07) is 9.55. The zero-order valence-electron chi connectivity index (χ0n) is 12.7. The van der Waals surface area contributed by atoms with Crippen LogP contribution in [0.3, 0.4) is 0 Å². The number of carbonyl (C=O) groups is 1. The average Bonchev–Trinajstić information content (AvgIpc) is 2.47. The first-order valence-electron chi connectivity index (χ1n) is 7.30. The molecule has 2 unspecified atom stereocenters. The molecule has 0 saturated carbocycles. The predicted octanol–water partition coefficient (Wildman–Crippen LogP) is 1.96. The minimum Gasteiger partial charge on any atom is -0.396 e. The van der Waals surface area contributed by atoms with Crippen molar-refractivity contribution in [2.75, 3.05) is 20.2 Å². The zero-order chi connectivity index (χ0) is 15.0. The third kappa shape index (κ3) is 4.62. The molecular weight excluding hydrogens is 252 g/mol. The van der Waals surface area contributed by atoms with E-state index in [0.29, 0.717) is 6.42 Å². The van der Waals surface area contributed by atoms with Gasteiger partial charge < -0.3 is 10.4 Å². The summed E-state index contributed by atoms with van der Waals surface area (Å²) in [5, 5.41) is 12.1. The Labute approximate surface area is 121 Å². The van der Waals surface area contributed by atoms with Crippen molar-refractivity contribution in [2.45, 2.75) is 38.8 Å². The number of aliphatic hydroxyl groups is 1. The standard InChI is InChI=1S/C16H26N2O2/c1-4-14(11-12-19)17-16(20)15(18(3)5-2)13-9-7-6-8-10-13/h6-10,14-15,19H,4-5,11-12H2,1-3H3,(H,17,20). The first kappa shape index (κ1) is 16.7. The largest absolute Gasteiger partial charge is 0.396 e. The highest BCUT2D eigenvalue weighted by molar-refractivity contribution is 5.83. The van der Waals surface area contributed by atoms with Gasteiger partial charge in [-0.15, -0.1) is 0 Å². The molecule has 0 aliphatic heterocycles. The summed E-state index contributed by atoms with van der Waals surface area (Å²) in [6.07, 6.45) is 1.42. The molecule has 20 heavy (non-hydrogen) atoms. The molecule has 1 amide bonds. The number of carbonyl (C=O) groups excluding carboxylic acids is 1. The number of rotatable bonds is 8. The summed E-state index contributed by atoms with van der Waals surface area (Å²) in [6.45, 7) is 4.94. The van der Waals surface area contributed by atoms with E-state index in [1.54, 1.807) is 0 Å². The predicted molar refractivity (Wildman–Crippen MR) is 81.4 cm³/mol. The summed E-state index contributed by atoms with van der Waals surface area (Å²) in [7, 11) is 1.95. The van der Waals surface area contributed by atoms with Gasteiger partial charge in [-0.25, -0.2) is 0 Å². The first-order valence-corrected chi connectivity index (χ1v) is 7.30. The SMILES string of the molecule is CCC(CCO)NC(=O)C(c1ccccc1)N(C)CC. The van der Waals surface area contributed by atoms with Crippen LogP contribution in [0.5, 0.6) is 0 Å². The fourth-order valence-electron chi connectivity index (χ4n) is 2.24. The summed E-state index contributed by atoms with van der Waals surface area (Å²) in [4.78, 5) is 14.6. The molecule has 2 N–H and O–H groups in total. The van der Waals surface area contributed by atoms with Gasteiger partial charge in [0.15, 0.2) is 0 Å². The Hall–Kier alpha value is -1.39. The van der Waals surface area contributed by atoms with Crippen molar-refractivity contribution in [1.82, 2.24) is 10.2 Å². The van der Waals surface area contributed by atoms with Gasteiger partial charge >= 0.3 is 0 Å². The Morgan fingerprint density at radius 2 is 1.95 bits per heavy atom. The van der Waals surface area contributed by atoms with E-state index in [1.807, 2.05) is 56.1 Å². The maximum atomic E-state index is 12.6. The van der Waals surface area contributed by atoms with Crippen LogP contribution in [-0.2, 0) is 4.79 Å². The van der Waals surface area contributed by atoms with Crippen LogP contribution in [0, 0.1) is 0 Å². The second-order valence-corrected chi connectivity index (χ2v) is 5.01. The maximum Gasteiger partial charge on any atom is 0.242 e. The van der Waals surface area contributed by atoms with Crippen molar-refractivity contribution in [2.24, 2.45) is 0 Å². The van der Waals surface area contributed by atoms with Gasteiger partial charge in [0.05, 0.1) is 0 Å². The topological polar surface area (TPSA) is 52.6 Å². The monoisotopic (exact) mass is 278 g/mol. The fraction of sp³-hybridized carbons (Fsp3) is 0.562. The molecule has 0 saturated heterocycles. The summed E-state index contributed by atoms with van der Waals surface area (Å²) in [5.41, 5.74) is 0.994. The van der Waals surface area contributed by atoms with Crippen LogP contribution in [0.4, 0.5) is 0 Å². The molecule has 4 nitrogen and oxygen atoms in total. The normalized spacial score (nSPS) is 14.1. The van der Waals surface area contributed by atoms with Crippen LogP contribution in [0.2, 0.25) is 0 Å². The molecular formula is C16H26N2O2. The van der Waals surface area contributed by atoms with Crippen molar-refractivity contribution in [3.63, 3.8) is 0 Å². The number of nitrogens with zero attached hydrogens (tertiary/aromatic N) is 1. The van der Waals surface area contributed by atoms with E-state index in [0.717, 1.165) is 18.5 Å². The van der Waals surface area contributed by atoms with Crippen molar-refractivity contribution in [3.05, 3.63) is 35.9 Å². The molecule has 0 spiro atoms. The number of hydrogen-bond acceptors (Lipinski definition) is 3. The van der Waals surface area contributed by atoms with Crippen molar-refractivity contribution < 1.29 is 9.90 Å². The van der Waals surface area contributed by atoms with E-state index in [-0.39, 0.29) is 24.6 Å². The molecule has 4 heteroatoms. The quantitative estimate of drug-likeness (QED) is 0.764. The summed E-state index contributed by atoms with van der Waals surface area (Å²) in [5.74, 6) is 0.000787. The Morgan fingerprint density at radius 1 is 1.30 bits per heavy atom. The van der Waals surface area contributed by atoms with E-state index in [9.17, 15) is 4.79 Å². The van der Waals surface area contributed by atoms with Crippen molar-refractivity contribution in [1.29, 1.82) is 0 Å². The number of hydrogen-bond donors (Lipinski definition) is 2. The lowest BCUT2D eigenvalue weighted by Gasteiger charge is -2.28. The molecule has 0 fully saturated rings. The Balaban J connectivity index is 2.86. The Morgan fingerprint density at radius 3 is 2.45 bits per heavy atom. The van der Waals surface area contributed by atoms with Gasteiger partial charge in [0.1, 0.15) is 6.04 Å². The van der Waals surface area contributed by atoms with E-state index >= 15 is 0 Å². The van der Waals surface area contributed by atoms with Gasteiger partial charge in [-0.05, 0) is 32.0 Å². The zero-order valence-corrected chi connectivity index (χ0v) is 12.7. The van der Waals surface area contributed by atoms with Gasteiger partial charge in [0.25, 0.3) is 0 Å². The molecule has 1 rings (SSSR count). The minimum absolute atomic E-state index is 0.000787. The van der Waals surface area contributed by atoms with Crippen LogP contribution >= 0.6 is 0 Å². The number of amides is 1. The average molecular weight is 278 g/mol. The van der Waals surface area contributed by atoms with E-state index in [1.165, 1.54) is 0 Å². The molecule has 0 aliphatic carbocycles. The van der Waals surface area contributed by atoms with Crippen molar-refractivity contribution in [3.8, 4) is 0 Å². The molecule has 0 heterocycles. The molecule has 0 bridgehead atoms. The fourth-order valence-corrected chi connectivity index (χ4v) is 2.24. The molecule has 0 radical (unpaired) electrons. The highest BCUT2D eigenvalue weighted by Crippen LogP contribution is 2.19. The van der Waals surface area contributed by atoms with E-state index in [4.69, 9.17) is 5.11 Å². The van der Waals surface area contributed by atoms with Crippen LogP contribution in [-0.4, -0.2) is 42.2 Å². The number of aliphatic hydroxyl groups excluding tert-OH is 1. The summed E-state index contributed by atoms with van der Waals surface area (Å²) < 4.78 is 0. The molecule has 1 aromatic rings.